The van der Waals surface area contributed by atoms with E-state index in [0.29, 0.717) is 39.5 Å². The molecule has 13 heteroatoms. The molecular weight excluding hydrogens is 612 g/mol. The summed E-state index contributed by atoms with van der Waals surface area (Å²) in [4.78, 5) is 39.8. The van der Waals surface area contributed by atoms with Crippen LogP contribution in [0.15, 0.2) is 36.4 Å². The number of fused-ring (bicyclic) bond motifs is 3. The van der Waals surface area contributed by atoms with E-state index in [2.05, 4.69) is 17.2 Å². The zero-order valence-electron chi connectivity index (χ0n) is 20.0. The average molecular weight is 639 g/mol. The number of nitrogen functional groups attached to an aromatic ring is 1. The summed E-state index contributed by atoms with van der Waals surface area (Å²) in [6.07, 6.45) is 2.43. The SMILES string of the molecule is CCCCc1nc2c(N)nc3cc(CNC(=O)CI)ccc3c2n1Cc1cc(O)ccc1OP(=O)(O)O. The number of hydrogen-bond donors (Lipinski definition) is 5. The van der Waals surface area contributed by atoms with Crippen LogP contribution in [0.4, 0.5) is 5.82 Å². The number of aromatic hydroxyl groups is 1. The lowest BCUT2D eigenvalue weighted by Gasteiger charge is -2.16. The predicted molar refractivity (Wildman–Crippen MR) is 149 cm³/mol. The molecule has 4 aromatic rings. The monoisotopic (exact) mass is 639 g/mol. The molecule has 0 aliphatic carbocycles. The van der Waals surface area contributed by atoms with Crippen LogP contribution in [0, 0.1) is 0 Å². The molecule has 4 rings (SSSR count). The van der Waals surface area contributed by atoms with Crippen molar-refractivity contribution in [2.45, 2.75) is 39.3 Å². The summed E-state index contributed by atoms with van der Waals surface area (Å²) >= 11 is 2.00. The number of benzene rings is 2. The number of amides is 1. The number of phenols is 1. The van der Waals surface area contributed by atoms with Gasteiger partial charge in [-0.1, -0.05) is 48.1 Å². The smallest absolute Gasteiger partial charge is 0.508 e. The second-order valence-corrected chi connectivity index (χ2v) is 10.5. The number of anilines is 1. The maximum atomic E-state index is 11.7. The van der Waals surface area contributed by atoms with E-state index in [1.807, 2.05) is 45.4 Å². The van der Waals surface area contributed by atoms with Crippen molar-refractivity contribution >= 4 is 64.1 Å². The first-order chi connectivity index (χ1) is 17.6. The van der Waals surface area contributed by atoms with Crippen LogP contribution in [-0.2, 0) is 28.9 Å². The van der Waals surface area contributed by atoms with Gasteiger partial charge in [-0.3, -0.25) is 14.6 Å². The molecule has 2 aromatic carbocycles. The fourth-order valence-electron chi connectivity index (χ4n) is 4.13. The van der Waals surface area contributed by atoms with E-state index in [4.69, 9.17) is 15.2 Å². The highest BCUT2D eigenvalue weighted by Crippen LogP contribution is 2.41. The molecule has 0 aliphatic rings. The van der Waals surface area contributed by atoms with Gasteiger partial charge >= 0.3 is 7.82 Å². The Hall–Kier alpha value is -2.93. The van der Waals surface area contributed by atoms with E-state index in [9.17, 15) is 24.3 Å². The normalized spacial score (nSPS) is 11.8. The number of nitrogens with zero attached hydrogens (tertiary/aromatic N) is 3. The van der Waals surface area contributed by atoms with Crippen LogP contribution in [0.3, 0.4) is 0 Å². The van der Waals surface area contributed by atoms with Gasteiger partial charge in [0.25, 0.3) is 0 Å². The number of unbranched alkanes of at least 4 members (excludes halogenated alkanes) is 1. The number of carbonyl (C=O) groups is 1. The highest BCUT2D eigenvalue weighted by Gasteiger charge is 2.22. The molecular formula is C24H27IN5O6P. The third kappa shape index (κ3) is 6.32. The molecule has 6 N–H and O–H groups in total. The highest BCUT2D eigenvalue weighted by atomic mass is 127. The minimum Gasteiger partial charge on any atom is -0.508 e. The van der Waals surface area contributed by atoms with Gasteiger partial charge in [-0.25, -0.2) is 14.5 Å². The number of phenolic OH excluding ortho intramolecular Hbond substituents is 1. The lowest BCUT2D eigenvalue weighted by molar-refractivity contribution is -0.118. The first-order valence-corrected chi connectivity index (χ1v) is 14.6. The molecule has 1 amide bonds. The van der Waals surface area contributed by atoms with Gasteiger partial charge in [0.1, 0.15) is 22.8 Å². The van der Waals surface area contributed by atoms with E-state index in [1.165, 1.54) is 18.2 Å². The number of hydrogen-bond acceptors (Lipinski definition) is 7. The Bertz CT molecular complexity index is 1520. The quantitative estimate of drug-likeness (QED) is 0.0984. The fraction of sp³-hybridized carbons (Fsp3) is 0.292. The maximum absolute atomic E-state index is 11.7. The molecule has 0 radical (unpaired) electrons. The molecule has 11 nitrogen and oxygen atoms in total. The van der Waals surface area contributed by atoms with Crippen LogP contribution in [0.2, 0.25) is 0 Å². The Morgan fingerprint density at radius 3 is 2.70 bits per heavy atom. The van der Waals surface area contributed by atoms with Gasteiger partial charge in [0, 0.05) is 23.9 Å². The van der Waals surface area contributed by atoms with E-state index in [0.717, 1.165) is 29.6 Å². The Morgan fingerprint density at radius 2 is 2.00 bits per heavy atom. The van der Waals surface area contributed by atoms with Gasteiger partial charge in [0.2, 0.25) is 5.91 Å². The first kappa shape index (κ1) is 27.1. The third-order valence-corrected chi connectivity index (χ3v) is 6.93. The molecule has 2 aromatic heterocycles. The Morgan fingerprint density at radius 1 is 1.22 bits per heavy atom. The molecule has 37 heavy (non-hydrogen) atoms. The number of aromatic nitrogens is 3. The largest absolute Gasteiger partial charge is 0.524 e. The second-order valence-electron chi connectivity index (χ2n) is 8.55. The van der Waals surface area contributed by atoms with Crippen LogP contribution in [0.25, 0.3) is 21.9 Å². The summed E-state index contributed by atoms with van der Waals surface area (Å²) in [5, 5.41) is 13.7. The van der Waals surface area contributed by atoms with Crippen molar-refractivity contribution in [2.24, 2.45) is 0 Å². The molecule has 0 bridgehead atoms. The van der Waals surface area contributed by atoms with Crippen molar-refractivity contribution in [1.29, 1.82) is 0 Å². The molecule has 0 saturated carbocycles. The van der Waals surface area contributed by atoms with Crippen molar-refractivity contribution in [3.8, 4) is 11.5 Å². The van der Waals surface area contributed by atoms with Crippen molar-refractivity contribution in [3.05, 3.63) is 53.3 Å². The summed E-state index contributed by atoms with van der Waals surface area (Å²) in [6.45, 7) is 2.54. The molecule has 0 atom stereocenters. The zero-order valence-corrected chi connectivity index (χ0v) is 23.1. The average Bonchev–Trinajstić information content (AvgIpc) is 3.20. The van der Waals surface area contributed by atoms with Gasteiger partial charge in [-0.05, 0) is 36.2 Å². The number of halogens is 1. The van der Waals surface area contributed by atoms with E-state index in [-0.39, 0.29) is 29.8 Å². The van der Waals surface area contributed by atoms with Gasteiger partial charge in [-0.2, -0.15) is 0 Å². The van der Waals surface area contributed by atoms with E-state index in [1.54, 1.807) is 0 Å². The van der Waals surface area contributed by atoms with Crippen LogP contribution in [0.5, 0.6) is 11.5 Å². The Labute approximate surface area is 226 Å². The predicted octanol–water partition coefficient (Wildman–Crippen LogP) is 3.79. The summed E-state index contributed by atoms with van der Waals surface area (Å²) in [5.41, 5.74) is 9.40. The van der Waals surface area contributed by atoms with Crippen LogP contribution >= 0.6 is 30.4 Å². The standard InChI is InChI=1S/C24H27IN5O6P/c1-2-3-4-20-29-22-23(30(20)13-15-10-16(31)6-8-19(15)36-37(33,34)35)17-7-5-14(12-27-21(32)11-25)9-18(17)28-24(22)26/h5-10,31H,2-4,11-13H2,1H3,(H2,26,28)(H,27,32)(H2,33,34,35). The van der Waals surface area contributed by atoms with E-state index >= 15 is 0 Å². The number of imidazole rings is 1. The minimum absolute atomic E-state index is 0.0472. The second kappa shape index (κ2) is 11.2. The molecule has 0 saturated heterocycles. The van der Waals surface area contributed by atoms with Crippen LogP contribution < -0.4 is 15.6 Å². The number of nitrogens with two attached hydrogens (primary N) is 1. The van der Waals surface area contributed by atoms with Gasteiger partial charge in [-0.15, -0.1) is 0 Å². The summed E-state index contributed by atoms with van der Waals surface area (Å²) in [7, 11) is -4.83. The van der Waals surface area contributed by atoms with Crippen LogP contribution in [0.1, 0.15) is 36.7 Å². The Balaban J connectivity index is 1.88. The number of phosphoric ester groups is 1. The molecule has 196 valence electrons. The molecule has 0 aliphatic heterocycles. The third-order valence-electron chi connectivity index (χ3n) is 5.80. The highest BCUT2D eigenvalue weighted by molar-refractivity contribution is 14.1. The van der Waals surface area contributed by atoms with E-state index < -0.39 is 7.82 Å². The molecule has 0 spiro atoms. The number of nitrogens with one attached hydrogen (secondary N) is 1. The zero-order chi connectivity index (χ0) is 26.7. The van der Waals surface area contributed by atoms with Crippen molar-refractivity contribution < 1.29 is 28.8 Å². The van der Waals surface area contributed by atoms with Gasteiger partial charge < -0.3 is 25.2 Å². The van der Waals surface area contributed by atoms with Gasteiger partial charge in [0.05, 0.1) is 22.0 Å². The van der Waals surface area contributed by atoms with Gasteiger partial charge in [0.15, 0.2) is 5.82 Å². The summed E-state index contributed by atoms with van der Waals surface area (Å²) in [6, 6.07) is 9.67. The number of rotatable bonds is 10. The number of alkyl halides is 1. The molecule has 0 unspecified atom stereocenters. The molecule has 2 heterocycles. The molecule has 0 fully saturated rings. The number of phosphoric acid groups is 1. The number of pyridine rings is 1. The van der Waals surface area contributed by atoms with Crippen molar-refractivity contribution in [3.63, 3.8) is 0 Å². The van der Waals surface area contributed by atoms with Crippen molar-refractivity contribution in [1.82, 2.24) is 19.9 Å². The first-order valence-electron chi connectivity index (χ1n) is 11.6. The van der Waals surface area contributed by atoms with Crippen LogP contribution in [-0.4, -0.2) is 39.8 Å². The topological polar surface area (TPSA) is 173 Å². The Kier molecular flexibility index (Phi) is 8.22. The maximum Gasteiger partial charge on any atom is 0.524 e. The fourth-order valence-corrected chi connectivity index (χ4v) is 4.84. The lowest BCUT2D eigenvalue weighted by Crippen LogP contribution is -2.23. The minimum atomic E-state index is -4.83. The number of carbonyl (C=O) groups excluding carboxylic acids is 1. The summed E-state index contributed by atoms with van der Waals surface area (Å²) in [5.74, 6) is 0.782. The van der Waals surface area contributed by atoms with Crippen molar-refractivity contribution in [2.75, 3.05) is 10.2 Å². The number of aryl methyl sites for hydroxylation is 1. The summed E-state index contributed by atoms with van der Waals surface area (Å²) < 4.78 is 18.7. The lowest BCUT2D eigenvalue weighted by atomic mass is 10.1.